The van der Waals surface area contributed by atoms with Crippen molar-refractivity contribution in [3.8, 4) is 0 Å². The molecule has 1 aromatic carbocycles. The Morgan fingerprint density at radius 1 is 1.53 bits per heavy atom. The van der Waals surface area contributed by atoms with Gasteiger partial charge in [0.2, 0.25) is 5.91 Å². The van der Waals surface area contributed by atoms with Gasteiger partial charge in [0.25, 0.3) is 0 Å². The molecule has 3 nitrogen and oxygen atoms in total. The lowest BCUT2D eigenvalue weighted by molar-refractivity contribution is -0.115. The van der Waals surface area contributed by atoms with Gasteiger partial charge in [-0.05, 0) is 23.8 Å². The van der Waals surface area contributed by atoms with Gasteiger partial charge >= 0.3 is 0 Å². The number of aliphatic imine (C=N–C) groups is 1. The highest BCUT2D eigenvalue weighted by Gasteiger charge is 2.08. The topological polar surface area (TPSA) is 41.5 Å². The molecular weight excluding hydrogens is 239 g/mol. The third-order valence-electron chi connectivity index (χ3n) is 2.09. The molecule has 0 spiro atoms. The van der Waals surface area contributed by atoms with Crippen LogP contribution in [-0.2, 0) is 4.79 Å². The van der Waals surface area contributed by atoms with Crippen molar-refractivity contribution in [2.45, 2.75) is 0 Å². The molecule has 0 saturated carbocycles. The van der Waals surface area contributed by atoms with Crippen LogP contribution >= 0.6 is 11.8 Å². The number of hydrogen-bond acceptors (Lipinski definition) is 3. The monoisotopic (exact) mass is 250 g/mol. The van der Waals surface area contributed by atoms with Crippen molar-refractivity contribution in [2.75, 3.05) is 12.3 Å². The van der Waals surface area contributed by atoms with Crippen molar-refractivity contribution in [1.82, 2.24) is 5.32 Å². The zero-order valence-electron chi connectivity index (χ0n) is 9.02. The number of carbonyl (C=O) groups excluding carboxylic acids is 1. The highest BCUT2D eigenvalue weighted by Crippen LogP contribution is 2.09. The van der Waals surface area contributed by atoms with E-state index in [1.807, 2.05) is 0 Å². The number of amides is 1. The number of nitrogens with one attached hydrogen (secondary N) is 1. The zero-order valence-corrected chi connectivity index (χ0v) is 9.84. The number of rotatable bonds is 2. The van der Waals surface area contributed by atoms with Crippen molar-refractivity contribution in [3.05, 3.63) is 41.7 Å². The largest absolute Gasteiger partial charge is 0.302 e. The lowest BCUT2D eigenvalue weighted by atomic mass is 10.2. The molecule has 1 amide bonds. The summed E-state index contributed by atoms with van der Waals surface area (Å²) in [7, 11) is 0. The van der Waals surface area contributed by atoms with Crippen LogP contribution < -0.4 is 5.32 Å². The molecule has 1 aliphatic rings. The highest BCUT2D eigenvalue weighted by atomic mass is 32.2. The fraction of sp³-hybridized carbons (Fsp3) is 0.167. The van der Waals surface area contributed by atoms with Gasteiger partial charge in [-0.3, -0.25) is 9.79 Å². The Morgan fingerprint density at radius 2 is 2.41 bits per heavy atom. The predicted octanol–water partition coefficient (Wildman–Crippen LogP) is 2.06. The molecule has 2 rings (SSSR count). The lowest BCUT2D eigenvalue weighted by Gasteiger charge is -1.98. The van der Waals surface area contributed by atoms with Crippen LogP contribution in [-0.4, -0.2) is 23.4 Å². The van der Waals surface area contributed by atoms with Crippen molar-refractivity contribution in [3.63, 3.8) is 0 Å². The standard InChI is InChI=1S/C12H11FN2OS/c13-10-3-1-2-9(8-10)4-5-11(16)15-12-14-6-7-17-12/h1-5,8H,6-7H2,(H,14,15,16)/b5-4+. The van der Waals surface area contributed by atoms with Crippen LogP contribution in [0.2, 0.25) is 0 Å². The van der Waals surface area contributed by atoms with E-state index in [4.69, 9.17) is 0 Å². The van der Waals surface area contributed by atoms with Gasteiger partial charge in [0, 0.05) is 11.8 Å². The van der Waals surface area contributed by atoms with E-state index in [9.17, 15) is 9.18 Å². The molecule has 1 heterocycles. The summed E-state index contributed by atoms with van der Waals surface area (Å²) >= 11 is 1.52. The molecule has 0 radical (unpaired) electrons. The Hall–Kier alpha value is -1.62. The summed E-state index contributed by atoms with van der Waals surface area (Å²) in [6.45, 7) is 0.744. The molecule has 88 valence electrons. The van der Waals surface area contributed by atoms with Gasteiger partial charge in [-0.1, -0.05) is 23.9 Å². The first-order valence-corrected chi connectivity index (χ1v) is 6.14. The normalized spacial score (nSPS) is 15.0. The first kappa shape index (κ1) is 11.9. The van der Waals surface area contributed by atoms with Crippen LogP contribution in [0.25, 0.3) is 6.08 Å². The van der Waals surface area contributed by atoms with E-state index in [0.717, 1.165) is 12.3 Å². The zero-order chi connectivity index (χ0) is 12.1. The quantitative estimate of drug-likeness (QED) is 0.816. The van der Waals surface area contributed by atoms with E-state index < -0.39 is 0 Å². The molecule has 0 atom stereocenters. The number of halogens is 1. The van der Waals surface area contributed by atoms with Crippen LogP contribution in [0, 0.1) is 5.82 Å². The van der Waals surface area contributed by atoms with Crippen LogP contribution in [0.15, 0.2) is 35.3 Å². The van der Waals surface area contributed by atoms with Crippen LogP contribution in [0.4, 0.5) is 4.39 Å². The Kier molecular flexibility index (Phi) is 3.93. The first-order valence-electron chi connectivity index (χ1n) is 5.16. The second kappa shape index (κ2) is 5.63. The van der Waals surface area contributed by atoms with E-state index in [-0.39, 0.29) is 11.7 Å². The van der Waals surface area contributed by atoms with Crippen molar-refractivity contribution in [1.29, 1.82) is 0 Å². The molecular formula is C12H11FN2OS. The summed E-state index contributed by atoms with van der Waals surface area (Å²) in [6.07, 6.45) is 2.94. The van der Waals surface area contributed by atoms with Crippen LogP contribution in [0.1, 0.15) is 5.56 Å². The van der Waals surface area contributed by atoms with Gasteiger partial charge in [-0.15, -0.1) is 0 Å². The Balaban J connectivity index is 1.93. The lowest BCUT2D eigenvalue weighted by Crippen LogP contribution is -2.25. The average molecular weight is 250 g/mol. The molecule has 0 unspecified atom stereocenters. The summed E-state index contributed by atoms with van der Waals surface area (Å²) in [5.41, 5.74) is 0.654. The minimum absolute atomic E-state index is 0.248. The fourth-order valence-corrected chi connectivity index (χ4v) is 2.07. The fourth-order valence-electron chi connectivity index (χ4n) is 1.34. The van der Waals surface area contributed by atoms with E-state index >= 15 is 0 Å². The smallest absolute Gasteiger partial charge is 0.249 e. The maximum Gasteiger partial charge on any atom is 0.249 e. The Labute approximate surface area is 103 Å². The molecule has 1 aromatic rings. The summed E-state index contributed by atoms with van der Waals surface area (Å²) < 4.78 is 12.9. The third-order valence-corrected chi connectivity index (χ3v) is 2.98. The highest BCUT2D eigenvalue weighted by molar-refractivity contribution is 8.14. The second-order valence-corrected chi connectivity index (χ2v) is 4.50. The molecule has 0 aromatic heterocycles. The SMILES string of the molecule is O=C(/C=C/c1cccc(F)c1)NC1=NCCS1. The van der Waals surface area contributed by atoms with Crippen molar-refractivity contribution >= 4 is 28.9 Å². The van der Waals surface area contributed by atoms with Gasteiger partial charge < -0.3 is 5.32 Å². The maximum absolute atomic E-state index is 12.9. The second-order valence-electron chi connectivity index (χ2n) is 3.41. The molecule has 0 fully saturated rings. The van der Waals surface area contributed by atoms with E-state index in [2.05, 4.69) is 10.3 Å². The summed E-state index contributed by atoms with van der Waals surface area (Å²) in [5, 5.41) is 3.31. The van der Waals surface area contributed by atoms with Crippen molar-refractivity contribution < 1.29 is 9.18 Å². The Morgan fingerprint density at radius 3 is 3.12 bits per heavy atom. The number of benzene rings is 1. The van der Waals surface area contributed by atoms with E-state index in [1.165, 1.54) is 30.0 Å². The van der Waals surface area contributed by atoms with Gasteiger partial charge in [0.05, 0.1) is 6.54 Å². The number of nitrogens with zero attached hydrogens (tertiary/aromatic N) is 1. The van der Waals surface area contributed by atoms with Gasteiger partial charge in [0.15, 0.2) is 5.17 Å². The summed E-state index contributed by atoms with van der Waals surface area (Å²) in [6, 6.07) is 6.06. The number of carbonyl (C=O) groups is 1. The van der Waals surface area contributed by atoms with E-state index in [0.29, 0.717) is 10.7 Å². The molecule has 0 aliphatic carbocycles. The molecule has 1 N–H and O–H groups in total. The molecule has 0 saturated heterocycles. The molecule has 1 aliphatic heterocycles. The number of amidine groups is 1. The Bertz CT molecular complexity index is 485. The number of thioether (sulfide) groups is 1. The molecule has 17 heavy (non-hydrogen) atoms. The first-order chi connectivity index (χ1) is 8.24. The minimum Gasteiger partial charge on any atom is -0.302 e. The summed E-state index contributed by atoms with van der Waals surface area (Å²) in [5.74, 6) is 0.342. The van der Waals surface area contributed by atoms with Gasteiger partial charge in [-0.2, -0.15) is 0 Å². The van der Waals surface area contributed by atoms with Crippen LogP contribution in [0.3, 0.4) is 0 Å². The molecule has 0 bridgehead atoms. The maximum atomic E-state index is 12.9. The predicted molar refractivity (Wildman–Crippen MR) is 68.3 cm³/mol. The number of hydrogen-bond donors (Lipinski definition) is 1. The van der Waals surface area contributed by atoms with Crippen LogP contribution in [0.5, 0.6) is 0 Å². The minimum atomic E-state index is -0.316. The van der Waals surface area contributed by atoms with Gasteiger partial charge in [-0.25, -0.2) is 4.39 Å². The van der Waals surface area contributed by atoms with E-state index in [1.54, 1.807) is 18.2 Å². The molecule has 5 heteroatoms. The van der Waals surface area contributed by atoms with Crippen molar-refractivity contribution in [2.24, 2.45) is 4.99 Å². The third kappa shape index (κ3) is 3.71. The average Bonchev–Trinajstić information content (AvgIpc) is 2.79. The summed E-state index contributed by atoms with van der Waals surface area (Å²) in [4.78, 5) is 15.6. The van der Waals surface area contributed by atoms with Gasteiger partial charge in [0.1, 0.15) is 5.82 Å².